The van der Waals surface area contributed by atoms with E-state index >= 15 is 0 Å². The molecule has 0 atom stereocenters. The van der Waals surface area contributed by atoms with Gasteiger partial charge in [0, 0.05) is 10.6 Å². The van der Waals surface area contributed by atoms with Crippen molar-refractivity contribution in [1.29, 1.82) is 5.26 Å². The largest absolute Gasteiger partial charge is 0.416 e. The summed E-state index contributed by atoms with van der Waals surface area (Å²) in [5.74, 6) is 0. The van der Waals surface area contributed by atoms with Gasteiger partial charge < -0.3 is 5.32 Å². The second-order valence-electron chi connectivity index (χ2n) is 4.20. The zero-order valence-corrected chi connectivity index (χ0v) is 11.8. The minimum atomic E-state index is -4.39. The molecule has 1 N–H and O–H groups in total. The lowest BCUT2D eigenvalue weighted by Gasteiger charge is -2.12. The van der Waals surface area contributed by atoms with Gasteiger partial charge in [0.2, 0.25) is 0 Å². The van der Waals surface area contributed by atoms with Crippen molar-refractivity contribution in [2.24, 2.45) is 0 Å². The van der Waals surface area contributed by atoms with Crippen molar-refractivity contribution < 1.29 is 13.2 Å². The highest BCUT2D eigenvalue weighted by molar-refractivity contribution is 7.98. The quantitative estimate of drug-likeness (QED) is 0.807. The highest BCUT2D eigenvalue weighted by Gasteiger charge is 2.30. The summed E-state index contributed by atoms with van der Waals surface area (Å²) in [6.07, 6.45) is -2.55. The molecule has 0 saturated carbocycles. The lowest BCUT2D eigenvalue weighted by Crippen LogP contribution is -2.05. The zero-order valence-electron chi connectivity index (χ0n) is 11.0. The van der Waals surface area contributed by atoms with Crippen LogP contribution < -0.4 is 5.32 Å². The first-order chi connectivity index (χ1) is 9.95. The molecule has 2 nitrogen and oxygen atoms in total. The Bertz CT molecular complexity index is 690. The summed E-state index contributed by atoms with van der Waals surface area (Å²) in [6.45, 7) is 0. The number of alkyl halides is 3. The minimum Gasteiger partial charge on any atom is -0.354 e. The molecule has 0 bridgehead atoms. The summed E-state index contributed by atoms with van der Waals surface area (Å²) in [5.41, 5.74) is 0.470. The normalized spacial score (nSPS) is 11.0. The molecule has 0 aliphatic heterocycles. The Morgan fingerprint density at radius 2 is 1.86 bits per heavy atom. The van der Waals surface area contributed by atoms with Crippen molar-refractivity contribution in [1.82, 2.24) is 0 Å². The van der Waals surface area contributed by atoms with E-state index < -0.39 is 11.7 Å². The van der Waals surface area contributed by atoms with Crippen LogP contribution >= 0.6 is 11.8 Å². The minimum absolute atomic E-state index is 0.291. The number of anilines is 2. The SMILES string of the molecule is CSc1cccc(Nc2cccc(C(F)(F)F)c2)c1C#N. The summed E-state index contributed by atoms with van der Waals surface area (Å²) in [4.78, 5) is 0.773. The van der Waals surface area contributed by atoms with Crippen LogP contribution in [0, 0.1) is 11.3 Å². The molecule has 0 unspecified atom stereocenters. The Hall–Kier alpha value is -2.13. The third kappa shape index (κ3) is 3.50. The van der Waals surface area contributed by atoms with Gasteiger partial charge in [-0.1, -0.05) is 12.1 Å². The molecule has 0 saturated heterocycles. The molecule has 0 amide bonds. The molecule has 108 valence electrons. The van der Waals surface area contributed by atoms with Gasteiger partial charge in [0.25, 0.3) is 0 Å². The fraction of sp³-hybridized carbons (Fsp3) is 0.133. The smallest absolute Gasteiger partial charge is 0.354 e. The van der Waals surface area contributed by atoms with E-state index in [0.29, 0.717) is 16.9 Å². The molecular weight excluding hydrogens is 297 g/mol. The van der Waals surface area contributed by atoms with Crippen molar-refractivity contribution in [3.8, 4) is 6.07 Å². The lowest BCUT2D eigenvalue weighted by atomic mass is 10.1. The summed E-state index contributed by atoms with van der Waals surface area (Å²) in [5, 5.41) is 12.1. The number of hydrogen-bond donors (Lipinski definition) is 1. The zero-order chi connectivity index (χ0) is 15.5. The molecule has 2 rings (SSSR count). The van der Waals surface area contributed by atoms with Crippen molar-refractivity contribution in [2.75, 3.05) is 11.6 Å². The predicted molar refractivity (Wildman–Crippen MR) is 77.7 cm³/mol. The number of thioether (sulfide) groups is 1. The summed E-state index contributed by atoms with van der Waals surface area (Å²) in [7, 11) is 0. The van der Waals surface area contributed by atoms with E-state index in [9.17, 15) is 18.4 Å². The molecule has 0 spiro atoms. The summed E-state index contributed by atoms with van der Waals surface area (Å²) < 4.78 is 38.1. The van der Waals surface area contributed by atoms with Crippen molar-refractivity contribution >= 4 is 23.1 Å². The maximum atomic E-state index is 12.7. The van der Waals surface area contributed by atoms with Crippen molar-refractivity contribution in [3.05, 3.63) is 53.6 Å². The van der Waals surface area contributed by atoms with Gasteiger partial charge in [-0.3, -0.25) is 0 Å². The molecule has 0 heterocycles. The van der Waals surface area contributed by atoms with Gasteiger partial charge in [-0.25, -0.2) is 0 Å². The van der Waals surface area contributed by atoms with Crippen LogP contribution in [0.2, 0.25) is 0 Å². The second kappa shape index (κ2) is 6.10. The highest BCUT2D eigenvalue weighted by Crippen LogP contribution is 2.33. The number of nitriles is 1. The van der Waals surface area contributed by atoms with Gasteiger partial charge >= 0.3 is 6.18 Å². The molecular formula is C15H11F3N2S. The molecule has 21 heavy (non-hydrogen) atoms. The van der Waals surface area contributed by atoms with Gasteiger partial charge in [0.1, 0.15) is 6.07 Å². The molecule has 0 fully saturated rings. The molecule has 0 aliphatic carbocycles. The van der Waals surface area contributed by atoms with Crippen LogP contribution in [-0.2, 0) is 6.18 Å². The Labute approximate surface area is 124 Å². The second-order valence-corrected chi connectivity index (χ2v) is 5.05. The Morgan fingerprint density at radius 1 is 1.14 bits per heavy atom. The van der Waals surface area contributed by atoms with E-state index in [0.717, 1.165) is 17.0 Å². The van der Waals surface area contributed by atoms with Gasteiger partial charge in [-0.2, -0.15) is 18.4 Å². The van der Waals surface area contributed by atoms with Crippen molar-refractivity contribution in [2.45, 2.75) is 11.1 Å². The van der Waals surface area contributed by atoms with Crippen molar-refractivity contribution in [3.63, 3.8) is 0 Å². The van der Waals surface area contributed by atoms with Crippen LogP contribution in [0.25, 0.3) is 0 Å². The number of nitrogens with zero attached hydrogens (tertiary/aromatic N) is 1. The number of nitrogens with one attached hydrogen (secondary N) is 1. The topological polar surface area (TPSA) is 35.8 Å². The maximum Gasteiger partial charge on any atom is 0.416 e. The summed E-state index contributed by atoms with van der Waals surface area (Å²) >= 11 is 1.41. The van der Waals surface area contributed by atoms with Crippen LogP contribution in [0.15, 0.2) is 47.4 Å². The highest BCUT2D eigenvalue weighted by atomic mass is 32.2. The first-order valence-corrected chi connectivity index (χ1v) is 7.19. The van der Waals surface area contributed by atoms with Gasteiger partial charge in [-0.05, 0) is 36.6 Å². The van der Waals surface area contributed by atoms with E-state index in [1.165, 1.54) is 23.9 Å². The standard InChI is InChI=1S/C15H11F3N2S/c1-21-14-7-3-6-13(12(14)9-19)20-11-5-2-4-10(8-11)15(16,17)18/h2-8,20H,1H3. The molecule has 2 aromatic rings. The molecule has 2 aromatic carbocycles. The van der Waals surface area contributed by atoms with Gasteiger partial charge in [0.15, 0.2) is 0 Å². The average molecular weight is 308 g/mol. The molecule has 6 heteroatoms. The van der Waals surface area contributed by atoms with Crippen LogP contribution in [0.4, 0.5) is 24.5 Å². The average Bonchev–Trinajstić information content (AvgIpc) is 2.46. The van der Waals surface area contributed by atoms with E-state index in [1.54, 1.807) is 18.2 Å². The number of benzene rings is 2. The van der Waals surface area contributed by atoms with Crippen LogP contribution in [0.1, 0.15) is 11.1 Å². The fourth-order valence-corrected chi connectivity index (χ4v) is 2.42. The fourth-order valence-electron chi connectivity index (χ4n) is 1.85. The monoisotopic (exact) mass is 308 g/mol. The number of hydrogen-bond acceptors (Lipinski definition) is 3. The number of halogens is 3. The van der Waals surface area contributed by atoms with E-state index in [-0.39, 0.29) is 0 Å². The van der Waals surface area contributed by atoms with E-state index in [4.69, 9.17) is 0 Å². The summed E-state index contributed by atoms with van der Waals surface area (Å²) in [6, 6.07) is 12.2. The lowest BCUT2D eigenvalue weighted by molar-refractivity contribution is -0.137. The number of rotatable bonds is 3. The molecule has 0 aromatic heterocycles. The van der Waals surface area contributed by atoms with E-state index in [2.05, 4.69) is 11.4 Å². The Morgan fingerprint density at radius 3 is 2.48 bits per heavy atom. The van der Waals surface area contributed by atoms with Crippen LogP contribution in [0.5, 0.6) is 0 Å². The molecule has 0 aliphatic rings. The first kappa shape index (κ1) is 15.3. The van der Waals surface area contributed by atoms with Gasteiger partial charge in [0.05, 0.1) is 16.8 Å². The maximum absolute atomic E-state index is 12.7. The third-order valence-electron chi connectivity index (χ3n) is 2.83. The predicted octanol–water partition coefficient (Wildman–Crippen LogP) is 5.04. The van der Waals surface area contributed by atoms with Crippen LogP contribution in [-0.4, -0.2) is 6.26 Å². The Balaban J connectivity index is 2.38. The van der Waals surface area contributed by atoms with Crippen LogP contribution in [0.3, 0.4) is 0 Å². The van der Waals surface area contributed by atoms with Gasteiger partial charge in [-0.15, -0.1) is 11.8 Å². The Kier molecular flexibility index (Phi) is 4.43. The third-order valence-corrected chi connectivity index (χ3v) is 3.61. The molecule has 0 radical (unpaired) electrons. The van der Waals surface area contributed by atoms with E-state index in [1.807, 2.05) is 6.26 Å². The first-order valence-electron chi connectivity index (χ1n) is 5.97.